The molecular weight excluding hydrogens is 338 g/mol. The third-order valence-electron chi connectivity index (χ3n) is 6.17. The van der Waals surface area contributed by atoms with Gasteiger partial charge in [-0.15, -0.1) is 0 Å². The van der Waals surface area contributed by atoms with Crippen molar-refractivity contribution in [2.75, 3.05) is 0 Å². The molecule has 1 heteroatoms. The first-order chi connectivity index (χ1) is 13.8. The van der Waals surface area contributed by atoms with Crippen molar-refractivity contribution >= 4 is 21.7 Å². The number of aromatic nitrogens is 1. The van der Waals surface area contributed by atoms with Crippen molar-refractivity contribution in [3.8, 4) is 16.8 Å². The minimum Gasteiger partial charge on any atom is -0.313 e. The van der Waals surface area contributed by atoms with E-state index in [4.69, 9.17) is 0 Å². The van der Waals surface area contributed by atoms with E-state index in [-0.39, 0.29) is 0 Å². The molecule has 1 aliphatic rings. The summed E-state index contributed by atoms with van der Waals surface area (Å²) in [5.74, 6) is 0. The van der Waals surface area contributed by atoms with Gasteiger partial charge < -0.3 is 4.57 Å². The Morgan fingerprint density at radius 3 is 2.39 bits per heavy atom. The molecule has 0 unspecified atom stereocenters. The third kappa shape index (κ3) is 2.13. The summed E-state index contributed by atoms with van der Waals surface area (Å²) in [5, 5.41) is 4.04. The van der Waals surface area contributed by atoms with Gasteiger partial charge in [0.05, 0.1) is 5.52 Å². The largest absolute Gasteiger partial charge is 0.313 e. The molecule has 0 atom stereocenters. The molecular formula is C27H21N. The Balaban J connectivity index is 1.82. The standard InChI is InChI=1S/C27H21N/c1-18-10-14-21(15-11-18)28-24-16-12-19-6-2-4-8-22(19)26(24)27-23-9-5-3-7-20(23)13-17-25(27)28/h2-12,14-16H,13,17H2,1H3. The van der Waals surface area contributed by atoms with Gasteiger partial charge in [-0.1, -0.05) is 72.3 Å². The van der Waals surface area contributed by atoms with Crippen LogP contribution in [-0.4, -0.2) is 4.57 Å². The van der Waals surface area contributed by atoms with Gasteiger partial charge in [-0.05, 0) is 59.9 Å². The summed E-state index contributed by atoms with van der Waals surface area (Å²) in [5.41, 5.74) is 9.59. The van der Waals surface area contributed by atoms with Crippen LogP contribution in [0.15, 0.2) is 84.9 Å². The fourth-order valence-electron chi connectivity index (χ4n) is 4.86. The number of hydrogen-bond donors (Lipinski definition) is 0. The van der Waals surface area contributed by atoms with Gasteiger partial charge in [0.1, 0.15) is 0 Å². The van der Waals surface area contributed by atoms with E-state index in [0.29, 0.717) is 0 Å². The van der Waals surface area contributed by atoms with E-state index in [9.17, 15) is 0 Å². The van der Waals surface area contributed by atoms with Gasteiger partial charge in [0, 0.05) is 22.3 Å². The van der Waals surface area contributed by atoms with Gasteiger partial charge in [0.25, 0.3) is 0 Å². The molecule has 1 aliphatic carbocycles. The molecule has 5 aromatic rings. The number of aryl methyl sites for hydroxylation is 2. The molecule has 0 fully saturated rings. The molecule has 6 rings (SSSR count). The monoisotopic (exact) mass is 359 g/mol. The molecule has 0 spiro atoms. The second-order valence-electron chi connectivity index (χ2n) is 7.83. The summed E-state index contributed by atoms with van der Waals surface area (Å²) < 4.78 is 2.49. The Morgan fingerprint density at radius 2 is 1.50 bits per heavy atom. The number of rotatable bonds is 1. The zero-order valence-electron chi connectivity index (χ0n) is 15.9. The van der Waals surface area contributed by atoms with Crippen LogP contribution >= 0.6 is 0 Å². The maximum absolute atomic E-state index is 2.49. The molecule has 134 valence electrons. The second-order valence-corrected chi connectivity index (χ2v) is 7.83. The van der Waals surface area contributed by atoms with E-state index in [1.165, 1.54) is 55.3 Å². The smallest absolute Gasteiger partial charge is 0.0544 e. The molecule has 1 aromatic heterocycles. The molecule has 28 heavy (non-hydrogen) atoms. The Morgan fingerprint density at radius 1 is 0.714 bits per heavy atom. The molecule has 0 aliphatic heterocycles. The van der Waals surface area contributed by atoms with Crippen LogP contribution in [-0.2, 0) is 12.8 Å². The Labute approximate surface area is 164 Å². The van der Waals surface area contributed by atoms with Crippen LogP contribution in [0.2, 0.25) is 0 Å². The molecule has 0 bridgehead atoms. The van der Waals surface area contributed by atoms with Crippen LogP contribution in [0, 0.1) is 6.92 Å². The van der Waals surface area contributed by atoms with Crippen LogP contribution in [0.5, 0.6) is 0 Å². The lowest BCUT2D eigenvalue weighted by atomic mass is 9.87. The van der Waals surface area contributed by atoms with Crippen molar-refractivity contribution < 1.29 is 0 Å². The fourth-order valence-corrected chi connectivity index (χ4v) is 4.86. The second kappa shape index (κ2) is 5.84. The average molecular weight is 359 g/mol. The molecule has 0 amide bonds. The van der Waals surface area contributed by atoms with E-state index in [1.54, 1.807) is 0 Å². The van der Waals surface area contributed by atoms with Crippen molar-refractivity contribution in [2.45, 2.75) is 19.8 Å². The van der Waals surface area contributed by atoms with E-state index >= 15 is 0 Å². The van der Waals surface area contributed by atoms with Crippen LogP contribution in [0.1, 0.15) is 16.8 Å². The predicted molar refractivity (Wildman–Crippen MR) is 118 cm³/mol. The normalized spacial score (nSPS) is 12.9. The average Bonchev–Trinajstić information content (AvgIpc) is 3.09. The van der Waals surface area contributed by atoms with Crippen LogP contribution in [0.3, 0.4) is 0 Å². The van der Waals surface area contributed by atoms with Gasteiger partial charge in [0.15, 0.2) is 0 Å². The quantitative estimate of drug-likeness (QED) is 0.308. The Hall–Kier alpha value is -3.32. The summed E-state index contributed by atoms with van der Waals surface area (Å²) in [6.45, 7) is 2.15. The first-order valence-electron chi connectivity index (χ1n) is 10.0. The highest BCUT2D eigenvalue weighted by molar-refractivity contribution is 6.15. The van der Waals surface area contributed by atoms with Gasteiger partial charge >= 0.3 is 0 Å². The van der Waals surface area contributed by atoms with Crippen molar-refractivity contribution in [2.24, 2.45) is 0 Å². The van der Waals surface area contributed by atoms with Crippen LogP contribution in [0.25, 0.3) is 38.5 Å². The van der Waals surface area contributed by atoms with E-state index < -0.39 is 0 Å². The highest BCUT2D eigenvalue weighted by Gasteiger charge is 2.25. The lowest BCUT2D eigenvalue weighted by Crippen LogP contribution is -2.07. The lowest BCUT2D eigenvalue weighted by Gasteiger charge is -2.19. The van der Waals surface area contributed by atoms with Crippen LogP contribution in [0.4, 0.5) is 0 Å². The maximum Gasteiger partial charge on any atom is 0.0544 e. The highest BCUT2D eigenvalue weighted by atomic mass is 15.0. The number of benzene rings is 4. The molecule has 0 radical (unpaired) electrons. The highest BCUT2D eigenvalue weighted by Crippen LogP contribution is 2.44. The number of nitrogens with zero attached hydrogens (tertiary/aromatic N) is 1. The van der Waals surface area contributed by atoms with Crippen molar-refractivity contribution in [3.05, 3.63) is 102 Å². The molecule has 1 nitrogen and oxygen atoms in total. The maximum atomic E-state index is 2.49. The predicted octanol–water partition coefficient (Wildman–Crippen LogP) is 6.86. The SMILES string of the molecule is Cc1ccc(-n2c3c(c4c5ccccc5ccc42)-c2ccccc2CC3)cc1. The van der Waals surface area contributed by atoms with Crippen molar-refractivity contribution in [3.63, 3.8) is 0 Å². The van der Waals surface area contributed by atoms with Gasteiger partial charge in [-0.2, -0.15) is 0 Å². The van der Waals surface area contributed by atoms with Gasteiger partial charge in [0.2, 0.25) is 0 Å². The van der Waals surface area contributed by atoms with Crippen molar-refractivity contribution in [1.29, 1.82) is 0 Å². The first kappa shape index (κ1) is 15.7. The van der Waals surface area contributed by atoms with E-state index in [0.717, 1.165) is 12.8 Å². The molecule has 1 heterocycles. The Kier molecular flexibility index (Phi) is 3.28. The minimum atomic E-state index is 1.07. The van der Waals surface area contributed by atoms with Gasteiger partial charge in [-0.3, -0.25) is 0 Å². The number of hydrogen-bond acceptors (Lipinski definition) is 0. The summed E-state index contributed by atoms with van der Waals surface area (Å²) >= 11 is 0. The first-order valence-corrected chi connectivity index (χ1v) is 10.0. The number of fused-ring (bicyclic) bond motifs is 7. The van der Waals surface area contributed by atoms with E-state index in [2.05, 4.69) is 96.4 Å². The Bertz CT molecular complexity index is 1350. The fraction of sp³-hybridized carbons (Fsp3) is 0.111. The van der Waals surface area contributed by atoms with Crippen LogP contribution < -0.4 is 0 Å². The van der Waals surface area contributed by atoms with Crippen molar-refractivity contribution in [1.82, 2.24) is 4.57 Å². The van der Waals surface area contributed by atoms with E-state index in [1.807, 2.05) is 0 Å². The zero-order chi connectivity index (χ0) is 18.7. The molecule has 0 saturated carbocycles. The summed E-state index contributed by atoms with van der Waals surface area (Å²) in [6, 6.07) is 31.2. The summed E-state index contributed by atoms with van der Waals surface area (Å²) in [7, 11) is 0. The topological polar surface area (TPSA) is 4.93 Å². The summed E-state index contributed by atoms with van der Waals surface area (Å²) in [4.78, 5) is 0. The molecule has 0 saturated heterocycles. The summed E-state index contributed by atoms with van der Waals surface area (Å²) in [6.07, 6.45) is 2.17. The molecule has 0 N–H and O–H groups in total. The lowest BCUT2D eigenvalue weighted by molar-refractivity contribution is 0.865. The zero-order valence-corrected chi connectivity index (χ0v) is 15.9. The minimum absolute atomic E-state index is 1.07. The third-order valence-corrected chi connectivity index (χ3v) is 6.17. The van der Waals surface area contributed by atoms with Gasteiger partial charge in [-0.25, -0.2) is 0 Å². The molecule has 4 aromatic carbocycles.